The van der Waals surface area contributed by atoms with Crippen LogP contribution in [-0.2, 0) is 6.54 Å². The van der Waals surface area contributed by atoms with E-state index in [2.05, 4.69) is 24.2 Å². The van der Waals surface area contributed by atoms with Crippen LogP contribution in [0.25, 0.3) is 0 Å². The van der Waals surface area contributed by atoms with E-state index in [4.69, 9.17) is 19.9 Å². The summed E-state index contributed by atoms with van der Waals surface area (Å²) >= 11 is 0. The molecule has 0 unspecified atom stereocenters. The number of guanidine groups is 1. The Morgan fingerprint density at radius 2 is 1.68 bits per heavy atom. The number of hydrogen-bond donors (Lipinski definition) is 2. The van der Waals surface area contributed by atoms with E-state index in [0.717, 1.165) is 18.5 Å². The number of nitrogens with zero attached hydrogens (tertiary/aromatic N) is 1. The Bertz CT molecular complexity index is 502. The van der Waals surface area contributed by atoms with Crippen molar-refractivity contribution in [2.75, 3.05) is 27.9 Å². The highest BCUT2D eigenvalue weighted by atomic mass is 16.5. The van der Waals surface area contributed by atoms with Crippen LogP contribution >= 0.6 is 0 Å². The van der Waals surface area contributed by atoms with Gasteiger partial charge in [-0.15, -0.1) is 0 Å². The summed E-state index contributed by atoms with van der Waals surface area (Å²) in [4.78, 5) is 4.34. The fourth-order valence-electron chi connectivity index (χ4n) is 1.93. The lowest BCUT2D eigenvalue weighted by Crippen LogP contribution is -2.32. The van der Waals surface area contributed by atoms with E-state index in [0.29, 0.717) is 35.7 Å². The third kappa shape index (κ3) is 5.35. The molecule has 0 fully saturated rings. The minimum Gasteiger partial charge on any atom is -0.496 e. The number of nitrogens with two attached hydrogens (primary N) is 1. The van der Waals surface area contributed by atoms with Gasteiger partial charge in [0.1, 0.15) is 5.75 Å². The minimum absolute atomic E-state index is 0.407. The standard InChI is InChI=1S/C16H27N3O3/c1-11(2)6-7-18-16(17)19-10-12-8-14(21-4)15(22-5)9-13(12)20-3/h8-9,11H,6-7,10H2,1-5H3,(H3,17,18,19). The molecule has 6 heteroatoms. The molecular formula is C16H27N3O3. The maximum Gasteiger partial charge on any atom is 0.188 e. The summed E-state index contributed by atoms with van der Waals surface area (Å²) in [6.45, 7) is 5.56. The largest absolute Gasteiger partial charge is 0.496 e. The number of aliphatic imine (C=N–C) groups is 1. The van der Waals surface area contributed by atoms with Crippen molar-refractivity contribution < 1.29 is 14.2 Å². The Morgan fingerprint density at radius 3 is 2.23 bits per heavy atom. The van der Waals surface area contributed by atoms with E-state index in [1.165, 1.54) is 0 Å². The molecule has 0 aromatic heterocycles. The first kappa shape index (κ1) is 17.9. The van der Waals surface area contributed by atoms with Crippen molar-refractivity contribution in [3.63, 3.8) is 0 Å². The highest BCUT2D eigenvalue weighted by molar-refractivity contribution is 5.77. The summed E-state index contributed by atoms with van der Waals surface area (Å²) < 4.78 is 15.9. The second kappa shape index (κ2) is 9.02. The number of methoxy groups -OCH3 is 3. The zero-order chi connectivity index (χ0) is 16.5. The highest BCUT2D eigenvalue weighted by Crippen LogP contribution is 2.34. The Balaban J connectivity index is 2.79. The summed E-state index contributed by atoms with van der Waals surface area (Å²) in [7, 11) is 4.80. The van der Waals surface area contributed by atoms with Gasteiger partial charge >= 0.3 is 0 Å². The predicted molar refractivity (Wildman–Crippen MR) is 88.9 cm³/mol. The van der Waals surface area contributed by atoms with Gasteiger partial charge in [-0.3, -0.25) is 0 Å². The lowest BCUT2D eigenvalue weighted by molar-refractivity contribution is 0.347. The van der Waals surface area contributed by atoms with Crippen LogP contribution in [0.1, 0.15) is 25.8 Å². The molecule has 124 valence electrons. The van der Waals surface area contributed by atoms with E-state index in [9.17, 15) is 0 Å². The van der Waals surface area contributed by atoms with Crippen LogP contribution in [0.3, 0.4) is 0 Å². The van der Waals surface area contributed by atoms with E-state index in [1.54, 1.807) is 27.4 Å². The highest BCUT2D eigenvalue weighted by Gasteiger charge is 2.11. The predicted octanol–water partition coefficient (Wildman–Crippen LogP) is 2.16. The quantitative estimate of drug-likeness (QED) is 0.568. The molecule has 3 N–H and O–H groups in total. The van der Waals surface area contributed by atoms with Crippen LogP contribution < -0.4 is 25.3 Å². The summed E-state index contributed by atoms with van der Waals surface area (Å²) in [5.41, 5.74) is 6.75. The van der Waals surface area contributed by atoms with Crippen LogP contribution in [-0.4, -0.2) is 33.8 Å². The smallest absolute Gasteiger partial charge is 0.188 e. The minimum atomic E-state index is 0.407. The van der Waals surface area contributed by atoms with Crippen molar-refractivity contribution in [3.05, 3.63) is 17.7 Å². The lowest BCUT2D eigenvalue weighted by Gasteiger charge is -2.13. The first-order chi connectivity index (χ1) is 10.5. The third-order valence-electron chi connectivity index (χ3n) is 3.23. The van der Waals surface area contributed by atoms with Crippen LogP contribution in [0.4, 0.5) is 0 Å². The Labute approximate surface area is 132 Å². The van der Waals surface area contributed by atoms with Crippen LogP contribution in [0, 0.1) is 5.92 Å². The molecule has 0 aliphatic carbocycles. The Kier molecular flexibility index (Phi) is 7.36. The van der Waals surface area contributed by atoms with Gasteiger partial charge in [0.25, 0.3) is 0 Å². The Morgan fingerprint density at radius 1 is 1.09 bits per heavy atom. The lowest BCUT2D eigenvalue weighted by atomic mass is 10.1. The summed E-state index contributed by atoms with van der Waals surface area (Å²) in [6.07, 6.45) is 1.05. The fraction of sp³-hybridized carbons (Fsp3) is 0.562. The van der Waals surface area contributed by atoms with Gasteiger partial charge in [0, 0.05) is 18.2 Å². The summed E-state index contributed by atoms with van der Waals surface area (Å²) in [5.74, 6) is 3.01. The maximum absolute atomic E-state index is 5.87. The van der Waals surface area contributed by atoms with Gasteiger partial charge in [-0.1, -0.05) is 13.8 Å². The van der Waals surface area contributed by atoms with Crippen LogP contribution in [0.2, 0.25) is 0 Å². The van der Waals surface area contributed by atoms with Gasteiger partial charge in [0.2, 0.25) is 0 Å². The fourth-order valence-corrected chi connectivity index (χ4v) is 1.93. The number of benzene rings is 1. The van der Waals surface area contributed by atoms with E-state index < -0.39 is 0 Å². The average molecular weight is 309 g/mol. The molecule has 0 radical (unpaired) electrons. The molecule has 0 saturated carbocycles. The molecule has 6 nitrogen and oxygen atoms in total. The number of rotatable bonds is 8. The van der Waals surface area contributed by atoms with Crippen molar-refractivity contribution in [1.29, 1.82) is 0 Å². The van der Waals surface area contributed by atoms with Gasteiger partial charge < -0.3 is 25.3 Å². The second-order valence-corrected chi connectivity index (χ2v) is 5.33. The topological polar surface area (TPSA) is 78.1 Å². The molecule has 0 saturated heterocycles. The molecule has 0 heterocycles. The number of nitrogens with one attached hydrogen (secondary N) is 1. The first-order valence-electron chi connectivity index (χ1n) is 7.34. The second-order valence-electron chi connectivity index (χ2n) is 5.33. The molecule has 1 aromatic rings. The van der Waals surface area contributed by atoms with Crippen molar-refractivity contribution in [2.24, 2.45) is 16.6 Å². The summed E-state index contributed by atoms with van der Waals surface area (Å²) in [5, 5.41) is 3.10. The average Bonchev–Trinajstić information content (AvgIpc) is 2.51. The van der Waals surface area contributed by atoms with Gasteiger partial charge in [0.05, 0.1) is 27.9 Å². The Hall–Kier alpha value is -2.11. The molecule has 22 heavy (non-hydrogen) atoms. The summed E-state index contributed by atoms with van der Waals surface area (Å²) in [6, 6.07) is 3.63. The molecule has 0 aliphatic rings. The first-order valence-corrected chi connectivity index (χ1v) is 7.34. The van der Waals surface area contributed by atoms with Crippen molar-refractivity contribution in [3.8, 4) is 17.2 Å². The van der Waals surface area contributed by atoms with Crippen molar-refractivity contribution in [1.82, 2.24) is 5.32 Å². The van der Waals surface area contributed by atoms with Gasteiger partial charge in [-0.05, 0) is 18.4 Å². The maximum atomic E-state index is 5.87. The number of hydrogen-bond acceptors (Lipinski definition) is 4. The third-order valence-corrected chi connectivity index (χ3v) is 3.23. The van der Waals surface area contributed by atoms with Gasteiger partial charge in [-0.25, -0.2) is 4.99 Å². The molecule has 0 aliphatic heterocycles. The molecular weight excluding hydrogens is 282 g/mol. The molecule has 0 bridgehead atoms. The zero-order valence-electron chi connectivity index (χ0n) is 14.1. The molecule has 0 spiro atoms. The van der Waals surface area contributed by atoms with Crippen molar-refractivity contribution in [2.45, 2.75) is 26.8 Å². The van der Waals surface area contributed by atoms with E-state index in [1.807, 2.05) is 6.07 Å². The van der Waals surface area contributed by atoms with E-state index in [-0.39, 0.29) is 0 Å². The van der Waals surface area contributed by atoms with Gasteiger partial charge in [0.15, 0.2) is 17.5 Å². The molecule has 0 amide bonds. The van der Waals surface area contributed by atoms with Crippen LogP contribution in [0.15, 0.2) is 17.1 Å². The zero-order valence-corrected chi connectivity index (χ0v) is 14.1. The molecule has 1 aromatic carbocycles. The van der Waals surface area contributed by atoms with Crippen molar-refractivity contribution >= 4 is 5.96 Å². The molecule has 1 rings (SSSR count). The van der Waals surface area contributed by atoms with Gasteiger partial charge in [-0.2, -0.15) is 0 Å². The SMILES string of the molecule is COc1cc(OC)c(OC)cc1CN=C(N)NCCC(C)C. The normalized spacial score (nSPS) is 11.5. The number of ether oxygens (including phenoxy) is 3. The van der Waals surface area contributed by atoms with Crippen LogP contribution in [0.5, 0.6) is 17.2 Å². The molecule has 0 atom stereocenters. The van der Waals surface area contributed by atoms with E-state index >= 15 is 0 Å². The monoisotopic (exact) mass is 309 g/mol.